The minimum Gasteiger partial charge on any atom is -0.652 e. The number of carbonyl (C=O) groups is 2. The molecule has 0 bridgehead atoms. The smallest absolute Gasteiger partial charge is 0.652 e. The van der Waals surface area contributed by atoms with Crippen LogP contribution in [0.3, 0.4) is 0 Å². The molecule has 1 amide bonds. The topological polar surface area (TPSA) is 162 Å². The Hall–Kier alpha value is 1.25. The Kier molecular flexibility index (Phi) is 20.1. The Labute approximate surface area is 262 Å². The van der Waals surface area contributed by atoms with Gasteiger partial charge in [0.1, 0.15) is 18.0 Å². The van der Waals surface area contributed by atoms with Crippen molar-refractivity contribution >= 4 is 18.2 Å². The summed E-state index contributed by atoms with van der Waals surface area (Å²) in [6, 6.07) is 0. The van der Waals surface area contributed by atoms with Crippen LogP contribution in [0.25, 0.3) is 0 Å². The molecule has 1 N–H and O–H groups in total. The first-order valence-corrected chi connectivity index (χ1v) is 6.53. The van der Waals surface area contributed by atoms with Crippen LogP contribution in [0.5, 0.6) is 0 Å². The normalized spacial score (nSPS) is 9.40. The summed E-state index contributed by atoms with van der Waals surface area (Å²) in [6.45, 7) is 6.13. The first-order chi connectivity index (χ1) is 10.5. The Morgan fingerprint density at radius 1 is 1.32 bits per heavy atom. The Balaban J connectivity index is -0.000000728. The van der Waals surface area contributed by atoms with E-state index in [2.05, 4.69) is 10.3 Å². The zero-order valence-electron chi connectivity index (χ0n) is 15.0. The minimum atomic E-state index is -2.33. The van der Waals surface area contributed by atoms with Gasteiger partial charge >= 0.3 is 150 Å². The molecule has 1 aromatic heterocycles. The second-order valence-corrected chi connectivity index (χ2v) is 5.21. The number of ether oxygens (including phenoxy) is 1. The number of alkyl carbamates (subject to hydrolysis) is 1. The van der Waals surface area contributed by atoms with Crippen molar-refractivity contribution in [1.29, 1.82) is 0 Å². The number of nitrogens with one attached hydrogen (secondary N) is 1. The van der Waals surface area contributed by atoms with Crippen molar-refractivity contribution in [2.75, 3.05) is 6.54 Å². The van der Waals surface area contributed by atoms with Crippen molar-refractivity contribution < 1.29 is 167 Å². The predicted molar refractivity (Wildman–Crippen MR) is 73.1 cm³/mol. The zero-order valence-corrected chi connectivity index (χ0v) is 27.5. The average molecular weight is 596 g/mol. The number of carboxylic acid groups (broad SMARTS) is 2. The van der Waals surface area contributed by atoms with Crippen LogP contribution in [0.15, 0.2) is 12.4 Å². The number of amides is 1. The molecule has 0 radical (unpaired) electrons. The molecule has 0 unspecified atom stereocenters. The fraction of sp³-hybridized carbons (Fsp3) is 0.583. The maximum atomic E-state index is 11.3. The molecule has 1 heterocycles. The summed E-state index contributed by atoms with van der Waals surface area (Å²) in [5.41, 5.74) is -0.535. The SMILES string of the molecule is CC(C)(C)OC(=O)NCCCn1ccnc1[N+](=O)[O-].O=C([O-])[O-].[Cs+].[Cs+]. The molecule has 11 nitrogen and oxygen atoms in total. The summed E-state index contributed by atoms with van der Waals surface area (Å²) >= 11 is 0. The van der Waals surface area contributed by atoms with E-state index >= 15 is 0 Å². The van der Waals surface area contributed by atoms with Gasteiger partial charge in [-0.25, -0.2) is 9.36 Å². The third-order valence-corrected chi connectivity index (χ3v) is 2.10. The van der Waals surface area contributed by atoms with Crippen LogP contribution < -0.4 is 153 Å². The van der Waals surface area contributed by atoms with Crippen LogP contribution in [-0.2, 0) is 11.3 Å². The van der Waals surface area contributed by atoms with E-state index in [9.17, 15) is 14.9 Å². The molecule has 130 valence electrons. The number of nitrogens with zero attached hydrogens (tertiary/aromatic N) is 3. The zero-order chi connectivity index (χ0) is 18.0. The van der Waals surface area contributed by atoms with Crippen LogP contribution in [-0.4, -0.2) is 38.9 Å². The molecule has 0 spiro atoms. The van der Waals surface area contributed by atoms with E-state index in [0.29, 0.717) is 19.5 Å². The first kappa shape index (κ1) is 31.0. The standard InChI is InChI=1S/C11H18N4O4.CH2O3.2Cs/c1-11(2,3)19-10(16)13-5-4-7-14-8-6-12-9(14)15(17)18;2-1(3)4;;/h6,8H,4-5,7H2,1-3H3,(H,13,16);(H2,2,3,4);;/q;;2*+1/p-2. The number of aromatic nitrogens is 2. The molecule has 0 atom stereocenters. The van der Waals surface area contributed by atoms with E-state index in [1.54, 1.807) is 20.8 Å². The molecule has 1 rings (SSSR count). The Morgan fingerprint density at radius 2 is 1.84 bits per heavy atom. The van der Waals surface area contributed by atoms with Gasteiger partial charge in [-0.2, -0.15) is 0 Å². The van der Waals surface area contributed by atoms with Crippen molar-refractivity contribution in [3.8, 4) is 0 Å². The van der Waals surface area contributed by atoms with E-state index in [-0.39, 0.29) is 144 Å². The largest absolute Gasteiger partial charge is 1.00 e. The molecule has 13 heteroatoms. The monoisotopic (exact) mass is 596 g/mol. The summed E-state index contributed by atoms with van der Waals surface area (Å²) in [4.78, 5) is 33.4. The van der Waals surface area contributed by atoms with E-state index in [1.807, 2.05) is 0 Å². The fourth-order valence-electron chi connectivity index (χ4n) is 1.40. The second kappa shape index (κ2) is 16.2. The molecule has 0 aliphatic rings. The Bertz CT molecular complexity index is 542. The van der Waals surface area contributed by atoms with Gasteiger partial charge in [-0.1, -0.05) is 4.98 Å². The number of imidazole rings is 1. The van der Waals surface area contributed by atoms with E-state index in [4.69, 9.17) is 19.7 Å². The molecule has 0 fully saturated rings. The maximum Gasteiger partial charge on any atom is 1.00 e. The average Bonchev–Trinajstić information content (AvgIpc) is 2.80. The van der Waals surface area contributed by atoms with Gasteiger partial charge in [-0.05, 0) is 38.3 Å². The second-order valence-electron chi connectivity index (χ2n) is 5.21. The third-order valence-electron chi connectivity index (χ3n) is 2.10. The quantitative estimate of drug-likeness (QED) is 0.199. The van der Waals surface area contributed by atoms with Crippen molar-refractivity contribution in [3.05, 3.63) is 22.5 Å². The molecule has 0 aliphatic heterocycles. The predicted octanol–water partition coefficient (Wildman–Crippen LogP) is -6.73. The molecule has 0 saturated heterocycles. The number of carbonyl (C=O) groups excluding carboxylic acids is 2. The fourth-order valence-corrected chi connectivity index (χ4v) is 1.40. The molecule has 1 aromatic rings. The van der Waals surface area contributed by atoms with Crippen LogP contribution in [0.4, 0.5) is 15.5 Å². The van der Waals surface area contributed by atoms with Crippen LogP contribution in [0, 0.1) is 10.1 Å². The first-order valence-electron chi connectivity index (χ1n) is 6.53. The van der Waals surface area contributed by atoms with Gasteiger partial charge in [0, 0.05) is 6.54 Å². The number of rotatable bonds is 5. The minimum absolute atomic E-state index is 0. The van der Waals surface area contributed by atoms with Crippen LogP contribution >= 0.6 is 0 Å². The summed E-state index contributed by atoms with van der Waals surface area (Å²) in [5.74, 6) is -0.197. The van der Waals surface area contributed by atoms with E-state index < -0.39 is 22.8 Å². The maximum absolute atomic E-state index is 11.3. The molecule has 25 heavy (non-hydrogen) atoms. The van der Waals surface area contributed by atoms with Gasteiger partial charge in [0.25, 0.3) is 0 Å². The third kappa shape index (κ3) is 18.4. The van der Waals surface area contributed by atoms with Gasteiger partial charge in [0.05, 0.1) is 6.54 Å². The molecule has 0 saturated carbocycles. The van der Waals surface area contributed by atoms with Crippen molar-refractivity contribution in [2.45, 2.75) is 39.3 Å². The number of nitro groups is 1. The summed E-state index contributed by atoms with van der Waals surface area (Å²) in [6.07, 6.45) is 0.634. The van der Waals surface area contributed by atoms with Crippen molar-refractivity contribution in [1.82, 2.24) is 14.9 Å². The van der Waals surface area contributed by atoms with Gasteiger partial charge in [-0.15, -0.1) is 0 Å². The number of hydrogen-bond donors (Lipinski definition) is 1. The number of aryl methyl sites for hydroxylation is 1. The van der Waals surface area contributed by atoms with Gasteiger partial charge < -0.3 is 35.2 Å². The summed E-state index contributed by atoms with van der Waals surface area (Å²) in [5, 5.41) is 29.9. The summed E-state index contributed by atoms with van der Waals surface area (Å²) < 4.78 is 6.49. The molecular weight excluding hydrogens is 578 g/mol. The van der Waals surface area contributed by atoms with E-state index in [0.717, 1.165) is 0 Å². The van der Waals surface area contributed by atoms with Gasteiger partial charge in [0.2, 0.25) is 0 Å². The Morgan fingerprint density at radius 3 is 2.28 bits per heavy atom. The van der Waals surface area contributed by atoms with Gasteiger partial charge in [-0.3, -0.25) is 0 Å². The van der Waals surface area contributed by atoms with Crippen LogP contribution in [0.2, 0.25) is 0 Å². The number of hydrogen-bond acceptors (Lipinski definition) is 8. The van der Waals surface area contributed by atoms with Crippen molar-refractivity contribution in [2.24, 2.45) is 0 Å². The van der Waals surface area contributed by atoms with Crippen molar-refractivity contribution in [3.63, 3.8) is 0 Å². The molecule has 0 aliphatic carbocycles. The van der Waals surface area contributed by atoms with Crippen LogP contribution in [0.1, 0.15) is 27.2 Å². The van der Waals surface area contributed by atoms with Gasteiger partial charge in [0.15, 0.2) is 0 Å². The summed E-state index contributed by atoms with van der Waals surface area (Å²) in [7, 11) is 0. The molecule has 0 aromatic carbocycles. The van der Waals surface area contributed by atoms with E-state index in [1.165, 1.54) is 17.0 Å². The molecular formula is C12H18Cs2N4O7.